The van der Waals surface area contributed by atoms with Crippen molar-refractivity contribution in [3.8, 4) is 0 Å². The highest BCUT2D eigenvalue weighted by molar-refractivity contribution is 7.91. The van der Waals surface area contributed by atoms with Gasteiger partial charge >= 0.3 is 0 Å². The Morgan fingerprint density at radius 1 is 1.24 bits per heavy atom. The van der Waals surface area contributed by atoms with E-state index in [1.165, 1.54) is 0 Å². The first-order valence-electron chi connectivity index (χ1n) is 11.6. The summed E-state index contributed by atoms with van der Waals surface area (Å²) < 4.78 is 25.6. The van der Waals surface area contributed by atoms with Crippen molar-refractivity contribution in [2.24, 2.45) is 0 Å². The van der Waals surface area contributed by atoms with E-state index in [2.05, 4.69) is 32.3 Å². The van der Waals surface area contributed by atoms with Crippen molar-refractivity contribution in [1.29, 1.82) is 0 Å². The zero-order valence-corrected chi connectivity index (χ0v) is 19.7. The first kappa shape index (κ1) is 22.1. The lowest BCUT2D eigenvalue weighted by Gasteiger charge is -2.42. The van der Waals surface area contributed by atoms with Crippen LogP contribution in [-0.2, 0) is 26.0 Å². The zero-order chi connectivity index (χ0) is 23.2. The Kier molecular flexibility index (Phi) is 5.56. The van der Waals surface area contributed by atoms with E-state index in [9.17, 15) is 13.2 Å². The predicted octanol–water partition coefficient (Wildman–Crippen LogP) is 1.74. The number of pyridine rings is 1. The fraction of sp³-hybridized carbons (Fsp3) is 0.591. The summed E-state index contributed by atoms with van der Waals surface area (Å²) in [5.74, 6) is 0.439. The molecule has 0 bridgehead atoms. The van der Waals surface area contributed by atoms with E-state index in [0.717, 1.165) is 28.0 Å². The number of anilines is 1. The van der Waals surface area contributed by atoms with Gasteiger partial charge in [-0.3, -0.25) is 15.1 Å². The molecule has 10 nitrogen and oxygen atoms in total. The van der Waals surface area contributed by atoms with Crippen LogP contribution in [0.1, 0.15) is 51.5 Å². The minimum atomic E-state index is -2.95. The Labute approximate surface area is 193 Å². The fourth-order valence-corrected chi connectivity index (χ4v) is 6.37. The molecule has 3 N–H and O–H groups in total. The van der Waals surface area contributed by atoms with E-state index in [-0.39, 0.29) is 29.5 Å². The summed E-state index contributed by atoms with van der Waals surface area (Å²) in [7, 11) is -2.95. The van der Waals surface area contributed by atoms with Gasteiger partial charge in [-0.15, -0.1) is 0 Å². The number of hydroxylamine groups is 1. The minimum Gasteiger partial charge on any atom is -0.381 e. The Bertz CT molecular complexity index is 1200. The number of aromatic nitrogens is 3. The number of aryl methyl sites for hydroxylation is 1. The van der Waals surface area contributed by atoms with E-state index in [1.54, 1.807) is 0 Å². The molecular weight excluding hydrogens is 444 g/mol. The minimum absolute atomic E-state index is 0.0496. The van der Waals surface area contributed by atoms with Gasteiger partial charge < -0.3 is 10.6 Å². The third-order valence-corrected chi connectivity index (χ3v) is 8.52. The van der Waals surface area contributed by atoms with Crippen LogP contribution in [0.2, 0.25) is 0 Å². The topological polar surface area (TPSA) is 127 Å². The number of nitrogens with zero attached hydrogens (tertiary/aromatic N) is 3. The molecule has 2 aromatic rings. The molecule has 4 heterocycles. The molecule has 5 rings (SSSR count). The van der Waals surface area contributed by atoms with Gasteiger partial charge in [0.25, 0.3) is 0 Å². The first-order valence-corrected chi connectivity index (χ1v) is 13.4. The number of hydrogen-bond donors (Lipinski definition) is 3. The molecule has 1 spiro atoms. The number of rotatable bonds is 6. The summed E-state index contributed by atoms with van der Waals surface area (Å²) >= 11 is 0. The molecule has 33 heavy (non-hydrogen) atoms. The van der Waals surface area contributed by atoms with Crippen LogP contribution in [0.25, 0.3) is 16.7 Å². The van der Waals surface area contributed by atoms with Crippen LogP contribution in [0.15, 0.2) is 18.5 Å². The van der Waals surface area contributed by atoms with E-state index in [0.29, 0.717) is 38.6 Å². The number of fused-ring (bicyclic) bond motifs is 1. The molecule has 1 amide bonds. The Hall–Kier alpha value is -2.66. The molecule has 0 radical (unpaired) electrons. The molecule has 1 aliphatic carbocycles. The zero-order valence-electron chi connectivity index (χ0n) is 18.9. The maximum Gasteiger partial charge on any atom is 0.219 e. The van der Waals surface area contributed by atoms with Gasteiger partial charge in [0, 0.05) is 49.7 Å². The van der Waals surface area contributed by atoms with Crippen molar-refractivity contribution in [2.75, 3.05) is 16.8 Å². The van der Waals surface area contributed by atoms with Crippen LogP contribution in [0, 0.1) is 0 Å². The molecule has 1 saturated carbocycles. The third kappa shape index (κ3) is 4.19. The highest BCUT2D eigenvalue weighted by Gasteiger charge is 2.48. The van der Waals surface area contributed by atoms with Crippen LogP contribution in [0.3, 0.4) is 0 Å². The quantitative estimate of drug-likeness (QED) is 0.578. The smallest absolute Gasteiger partial charge is 0.219 e. The average molecular weight is 475 g/mol. The third-order valence-electron chi connectivity index (χ3n) is 6.80. The van der Waals surface area contributed by atoms with Crippen molar-refractivity contribution < 1.29 is 18.0 Å². The molecule has 178 valence electrons. The van der Waals surface area contributed by atoms with Crippen molar-refractivity contribution >= 4 is 38.2 Å². The van der Waals surface area contributed by atoms with E-state index >= 15 is 0 Å². The Morgan fingerprint density at radius 3 is 2.70 bits per heavy atom. The van der Waals surface area contributed by atoms with Crippen molar-refractivity contribution in [1.82, 2.24) is 25.6 Å². The summed E-state index contributed by atoms with van der Waals surface area (Å²) in [6.07, 6.45) is 8.73. The predicted molar refractivity (Wildman–Crippen MR) is 125 cm³/mol. The second kappa shape index (κ2) is 8.28. The lowest BCUT2D eigenvalue weighted by molar-refractivity contribution is -0.128. The second-order valence-corrected chi connectivity index (χ2v) is 11.5. The molecule has 0 unspecified atom stereocenters. The van der Waals surface area contributed by atoms with Crippen LogP contribution in [-0.4, -0.2) is 58.3 Å². The summed E-state index contributed by atoms with van der Waals surface area (Å²) in [5, 5.41) is 12.0. The van der Waals surface area contributed by atoms with Crippen LogP contribution < -0.4 is 16.1 Å². The van der Waals surface area contributed by atoms with Gasteiger partial charge in [-0.05, 0) is 25.8 Å². The molecule has 2 aliphatic heterocycles. The SMILES string of the molecule is CCC(=O)NC1CC2(C=C(c3cnc4c(cnn4CC)c3NC3CCS(=O)(=O)CC3)NO2)C1. The second-order valence-electron chi connectivity index (χ2n) is 9.17. The first-order chi connectivity index (χ1) is 15.8. The maximum absolute atomic E-state index is 11.9. The van der Waals surface area contributed by atoms with Crippen molar-refractivity contribution in [3.05, 3.63) is 24.0 Å². The van der Waals surface area contributed by atoms with E-state index in [1.807, 2.05) is 30.9 Å². The van der Waals surface area contributed by atoms with Crippen molar-refractivity contribution in [2.45, 2.75) is 70.2 Å². The van der Waals surface area contributed by atoms with E-state index < -0.39 is 15.4 Å². The van der Waals surface area contributed by atoms with Crippen LogP contribution in [0.4, 0.5) is 5.69 Å². The monoisotopic (exact) mass is 474 g/mol. The number of sulfone groups is 1. The van der Waals surface area contributed by atoms with Gasteiger partial charge in [0.15, 0.2) is 5.65 Å². The van der Waals surface area contributed by atoms with Crippen LogP contribution >= 0.6 is 0 Å². The Balaban J connectivity index is 1.43. The number of hydrogen-bond acceptors (Lipinski definition) is 8. The lowest BCUT2D eigenvalue weighted by atomic mass is 9.75. The summed E-state index contributed by atoms with van der Waals surface area (Å²) in [6.45, 7) is 4.56. The maximum atomic E-state index is 11.9. The summed E-state index contributed by atoms with van der Waals surface area (Å²) in [6, 6.07) is 0.164. The molecule has 3 aliphatic rings. The van der Waals surface area contributed by atoms with E-state index in [4.69, 9.17) is 4.84 Å². The number of amides is 1. The number of nitrogens with one attached hydrogen (secondary N) is 3. The normalized spacial score (nSPS) is 23.7. The lowest BCUT2D eigenvalue weighted by Crippen LogP contribution is -2.54. The van der Waals surface area contributed by atoms with Gasteiger partial charge in [-0.1, -0.05) is 6.92 Å². The Morgan fingerprint density at radius 2 is 2.00 bits per heavy atom. The number of carbonyl (C=O) groups excluding carboxylic acids is 1. The van der Waals surface area contributed by atoms with Gasteiger partial charge in [-0.2, -0.15) is 5.10 Å². The van der Waals surface area contributed by atoms with Crippen molar-refractivity contribution in [3.63, 3.8) is 0 Å². The fourth-order valence-electron chi connectivity index (χ4n) is 4.88. The highest BCUT2D eigenvalue weighted by Crippen LogP contribution is 2.43. The molecule has 1 saturated heterocycles. The summed E-state index contributed by atoms with van der Waals surface area (Å²) in [4.78, 5) is 22.3. The highest BCUT2D eigenvalue weighted by atomic mass is 32.2. The standard InChI is InChI=1S/C22H30N6O4S/c1-3-19(29)25-15-9-22(10-15)11-18(27-32-22)16-12-23-21-17(13-24-28(21)4-2)20(16)26-14-5-7-33(30,31)8-6-14/h11-15,27H,3-10H2,1-2H3,(H,23,26)(H,25,29). The van der Waals surface area contributed by atoms with Gasteiger partial charge in [0.2, 0.25) is 5.91 Å². The summed E-state index contributed by atoms with van der Waals surface area (Å²) in [5.41, 5.74) is 5.99. The molecule has 2 fully saturated rings. The molecule has 0 atom stereocenters. The molecular formula is C22H30N6O4S. The van der Waals surface area contributed by atoms with Gasteiger partial charge in [0.1, 0.15) is 15.4 Å². The average Bonchev–Trinajstić information content (AvgIpc) is 3.40. The number of carbonyl (C=O) groups is 1. The molecule has 0 aromatic carbocycles. The van der Waals surface area contributed by atoms with Crippen LogP contribution in [0.5, 0.6) is 0 Å². The molecule has 2 aromatic heterocycles. The van der Waals surface area contributed by atoms with Gasteiger partial charge in [0.05, 0.1) is 34.5 Å². The largest absolute Gasteiger partial charge is 0.381 e. The van der Waals surface area contributed by atoms with Gasteiger partial charge in [-0.25, -0.2) is 18.1 Å². The molecule has 11 heteroatoms.